The molecular formula is C82H114O28S2. The molecule has 4 aromatic rings. The first-order chi connectivity index (χ1) is 53.8. The van der Waals surface area contributed by atoms with Crippen LogP contribution in [0.1, 0.15) is 250 Å². The van der Waals surface area contributed by atoms with Gasteiger partial charge in [0.1, 0.15) is 43.7 Å². The number of rotatable bonds is 50. The van der Waals surface area contributed by atoms with Crippen molar-refractivity contribution in [2.24, 2.45) is 5.92 Å². The molecule has 0 radical (unpaired) electrons. The van der Waals surface area contributed by atoms with E-state index in [1.807, 2.05) is 0 Å². The van der Waals surface area contributed by atoms with Crippen LogP contribution in [0.3, 0.4) is 0 Å². The zero-order valence-corrected chi connectivity index (χ0v) is 66.7. The first kappa shape index (κ1) is 91.8. The number of unbranched alkanes of at least 4 members (excludes halogenated alkanes) is 22. The van der Waals surface area contributed by atoms with Crippen LogP contribution < -0.4 is 0 Å². The summed E-state index contributed by atoms with van der Waals surface area (Å²) in [4.78, 5) is 97.5. The maximum atomic E-state index is 15.1. The van der Waals surface area contributed by atoms with Gasteiger partial charge in [-0.15, -0.1) is 0 Å². The highest BCUT2D eigenvalue weighted by Crippen LogP contribution is 2.40. The van der Waals surface area contributed by atoms with E-state index in [1.165, 1.54) is 163 Å². The number of hydrogen-bond donors (Lipinski definition) is 2. The van der Waals surface area contributed by atoms with Crippen molar-refractivity contribution >= 4 is 62.6 Å². The van der Waals surface area contributed by atoms with E-state index < -0.39 is 168 Å². The molecule has 28 nitrogen and oxygen atoms in total. The lowest BCUT2D eigenvalue weighted by Crippen LogP contribution is -2.69. The Kier molecular flexibility index (Phi) is 40.0. The third-order valence-electron chi connectivity index (χ3n) is 19.6. The van der Waals surface area contributed by atoms with Crippen molar-refractivity contribution in [2.45, 2.75) is 301 Å². The Balaban J connectivity index is 1.40. The summed E-state index contributed by atoms with van der Waals surface area (Å²) in [6, 6.07) is 29.5. The van der Waals surface area contributed by atoms with Crippen LogP contribution in [-0.2, 0) is 105 Å². The van der Waals surface area contributed by atoms with Gasteiger partial charge in [-0.05, 0) is 74.2 Å². The van der Waals surface area contributed by atoms with Crippen molar-refractivity contribution in [3.05, 3.63) is 144 Å². The van der Waals surface area contributed by atoms with Gasteiger partial charge in [-0.25, -0.2) is 27.5 Å². The van der Waals surface area contributed by atoms with Crippen LogP contribution in [0.2, 0.25) is 0 Å². The highest BCUT2D eigenvalue weighted by atomic mass is 32.3. The Labute approximate surface area is 658 Å². The van der Waals surface area contributed by atoms with Gasteiger partial charge >= 0.3 is 62.6 Å². The van der Waals surface area contributed by atoms with Gasteiger partial charge in [0.25, 0.3) is 0 Å². The lowest BCUT2D eigenvalue weighted by molar-refractivity contribution is -0.383. The fraction of sp³-hybridized carbons (Fsp3) is 0.622. The van der Waals surface area contributed by atoms with Crippen molar-refractivity contribution in [3.8, 4) is 0 Å². The SMILES string of the molecule is CCCCCCCCCCCCCCC(CCCCCCCCCCCCCC)CO[C@@H]1O[C@H](COC(=O)c2ccccc2)[C@@H](O[C@@H]2O[C@H](COC(=O)c3ccccc3)[C@H](OS(=O)(=O)O)[C@H](OS(=O)(=O)O)[C@H]2OC(=O)c2ccccc2)[C@H](O[C@@H]2O[C@@H](C)[C@@H](OC(C)=O)[C@@H](OC(C)=O)[C@@H]2OC(C)=O)[C@H]1OC(=O)c1ccccc1. The lowest BCUT2D eigenvalue weighted by Gasteiger charge is -2.50. The third kappa shape index (κ3) is 32.2. The Morgan fingerprint density at radius 3 is 1.06 bits per heavy atom. The minimum atomic E-state index is -5.91. The Hall–Kier alpha value is -7.33. The molecule has 30 heteroatoms. The second-order valence-electron chi connectivity index (χ2n) is 28.7. The average molecular weight is 1610 g/mol. The fourth-order valence-corrected chi connectivity index (χ4v) is 15.0. The monoisotopic (exact) mass is 1610 g/mol. The van der Waals surface area contributed by atoms with Crippen molar-refractivity contribution in [3.63, 3.8) is 0 Å². The summed E-state index contributed by atoms with van der Waals surface area (Å²) in [5.41, 5.74) is -0.327. The highest BCUT2D eigenvalue weighted by molar-refractivity contribution is 7.81. The van der Waals surface area contributed by atoms with Crippen molar-refractivity contribution in [2.75, 3.05) is 19.8 Å². The molecule has 0 saturated carbocycles. The van der Waals surface area contributed by atoms with Gasteiger partial charge in [0, 0.05) is 20.8 Å². The molecule has 7 rings (SSSR count). The first-order valence-corrected chi connectivity index (χ1v) is 42.2. The number of hydrogen-bond acceptors (Lipinski definition) is 26. The van der Waals surface area contributed by atoms with Crippen LogP contribution >= 0.6 is 0 Å². The lowest BCUT2D eigenvalue weighted by atomic mass is 9.94. The summed E-state index contributed by atoms with van der Waals surface area (Å²) in [5.74, 6) is -7.44. The number of ether oxygens (including phenoxy) is 13. The maximum absolute atomic E-state index is 15.1. The molecule has 0 bridgehead atoms. The topological polar surface area (TPSA) is 367 Å². The molecule has 3 saturated heterocycles. The third-order valence-corrected chi connectivity index (χ3v) is 20.5. The van der Waals surface area contributed by atoms with Crippen LogP contribution in [0.15, 0.2) is 121 Å². The number of carbonyl (C=O) groups excluding carboxylic acids is 7. The zero-order chi connectivity index (χ0) is 80.8. The smallest absolute Gasteiger partial charge is 0.397 e. The van der Waals surface area contributed by atoms with E-state index in [-0.39, 0.29) is 34.8 Å². The molecular weight excluding hydrogens is 1500 g/mol. The quantitative estimate of drug-likeness (QED) is 0.0179. The predicted molar refractivity (Wildman–Crippen MR) is 406 cm³/mol. The van der Waals surface area contributed by atoms with Gasteiger partial charge in [-0.1, -0.05) is 241 Å². The molecule has 2 N–H and O–H groups in total. The fourth-order valence-electron chi connectivity index (χ4n) is 14.0. The van der Waals surface area contributed by atoms with Crippen molar-refractivity contribution < 1.29 is 129 Å². The molecule has 15 atom stereocenters. The van der Waals surface area contributed by atoms with Gasteiger partial charge < -0.3 is 61.6 Å². The van der Waals surface area contributed by atoms with E-state index in [2.05, 4.69) is 13.8 Å². The molecule has 0 aliphatic carbocycles. The summed E-state index contributed by atoms with van der Waals surface area (Å²) >= 11 is 0. The second kappa shape index (κ2) is 48.8. The Morgan fingerprint density at radius 1 is 0.357 bits per heavy atom. The predicted octanol–water partition coefficient (Wildman–Crippen LogP) is 14.1. The maximum Gasteiger partial charge on any atom is 0.397 e. The van der Waals surface area contributed by atoms with Crippen LogP contribution in [-0.4, -0.2) is 180 Å². The molecule has 112 heavy (non-hydrogen) atoms. The van der Waals surface area contributed by atoms with Gasteiger partial charge in [0.2, 0.25) is 0 Å². The molecule has 0 aromatic heterocycles. The van der Waals surface area contributed by atoms with Crippen LogP contribution in [0, 0.1) is 5.92 Å². The van der Waals surface area contributed by atoms with Crippen LogP contribution in [0.25, 0.3) is 0 Å². The Morgan fingerprint density at radius 2 is 0.670 bits per heavy atom. The molecule has 3 heterocycles. The first-order valence-electron chi connectivity index (χ1n) is 39.5. The number of esters is 7. The largest absolute Gasteiger partial charge is 0.459 e. The molecule has 3 aliphatic heterocycles. The molecule has 0 amide bonds. The standard InChI is InChI=1S/C82H114O28S2/c1-7-9-11-13-15-17-19-21-23-25-27-33-43-60(44-34-28-26-24-22-20-18-16-14-12-10-8-2)53-98-80-73(105-78(88)63-49-39-31-40-50-63)71(108-81-74(102-59(6)85)70(101-58(5)84)67(56(3)99-81)100-57(4)83)68(65(103-80)54-96-76(86)61-45-35-29-36-46-61)107-82-75(106-79(89)64-51-41-32-42-52-64)72(110-112(93,94)95)69(109-111(90,91)92)66(104-82)55-97-77(87)62-47-37-30-38-48-62/h29-32,35-42,45-52,56,60,65-75,80-82H,7-28,33-34,43-44,53-55H2,1-6H3,(H,90,91,92)(H,93,94,95)/t56-,65+,66+,67+,68+,69-,70+,71-,72-,73+,74-,75+,80+,81-,82-/m0/s1. The van der Waals surface area contributed by atoms with E-state index in [4.69, 9.17) is 69.9 Å². The summed E-state index contributed by atoms with van der Waals surface area (Å²) in [6.45, 7) is 6.84. The van der Waals surface area contributed by atoms with E-state index in [1.54, 1.807) is 42.5 Å². The average Bonchev–Trinajstić information content (AvgIpc) is 0.731. The van der Waals surface area contributed by atoms with E-state index in [0.717, 1.165) is 97.8 Å². The molecule has 3 fully saturated rings. The summed E-state index contributed by atoms with van der Waals surface area (Å²) in [5, 5.41) is 0. The number of benzene rings is 4. The summed E-state index contributed by atoms with van der Waals surface area (Å²) in [6.07, 6.45) is -2.79. The molecule has 3 aliphatic rings. The minimum absolute atomic E-state index is 0.0311. The van der Waals surface area contributed by atoms with Crippen LogP contribution in [0.4, 0.5) is 0 Å². The second-order valence-corrected chi connectivity index (χ2v) is 30.7. The van der Waals surface area contributed by atoms with E-state index in [0.29, 0.717) is 12.8 Å². The zero-order valence-electron chi connectivity index (χ0n) is 65.1. The summed E-state index contributed by atoms with van der Waals surface area (Å²) in [7, 11) is -11.7. The van der Waals surface area contributed by atoms with Gasteiger partial charge in [0.15, 0.2) is 55.5 Å². The molecule has 0 spiro atoms. The van der Waals surface area contributed by atoms with E-state index in [9.17, 15) is 54.7 Å². The molecule has 4 aromatic carbocycles. The Bertz CT molecular complexity index is 3660. The van der Waals surface area contributed by atoms with Gasteiger partial charge in [-0.3, -0.25) is 23.5 Å². The van der Waals surface area contributed by atoms with Crippen molar-refractivity contribution in [1.29, 1.82) is 0 Å². The van der Waals surface area contributed by atoms with Crippen molar-refractivity contribution in [1.82, 2.24) is 0 Å². The highest BCUT2D eigenvalue weighted by Gasteiger charge is 2.60. The number of carbonyl (C=O) groups is 7. The summed E-state index contributed by atoms with van der Waals surface area (Å²) < 4.78 is 167. The normalized spacial score (nSPS) is 24.0. The molecule has 622 valence electrons. The molecule has 0 unspecified atom stereocenters. The van der Waals surface area contributed by atoms with Gasteiger partial charge in [0.05, 0.1) is 35.0 Å². The van der Waals surface area contributed by atoms with E-state index >= 15 is 4.79 Å². The van der Waals surface area contributed by atoms with Gasteiger partial charge in [-0.2, -0.15) is 16.8 Å². The minimum Gasteiger partial charge on any atom is -0.459 e. The van der Waals surface area contributed by atoms with Crippen LogP contribution in [0.5, 0.6) is 0 Å².